The Kier molecular flexibility index (Phi) is 5.91. The van der Waals surface area contributed by atoms with E-state index >= 15 is 0 Å². The first-order chi connectivity index (χ1) is 17.2. The number of rotatable bonds is 8. The molecule has 8 heteroatoms. The van der Waals surface area contributed by atoms with Gasteiger partial charge in [0.15, 0.2) is 11.0 Å². The highest BCUT2D eigenvalue weighted by Crippen LogP contribution is 2.32. The minimum absolute atomic E-state index is 0.475. The maximum absolute atomic E-state index is 6.29. The molecule has 7 nitrogen and oxygen atoms in total. The van der Waals surface area contributed by atoms with Gasteiger partial charge >= 0.3 is 0 Å². The molecule has 2 aromatic carbocycles. The number of aromatic nitrogens is 5. The van der Waals surface area contributed by atoms with Gasteiger partial charge in [0.1, 0.15) is 5.52 Å². The second-order valence-corrected chi connectivity index (χ2v) is 9.94. The zero-order valence-corrected chi connectivity index (χ0v) is 20.6. The van der Waals surface area contributed by atoms with Crippen molar-refractivity contribution in [2.75, 3.05) is 18.5 Å². The van der Waals surface area contributed by atoms with E-state index in [4.69, 9.17) is 10.7 Å². The highest BCUT2D eigenvalue weighted by Gasteiger charge is 2.18. The number of para-hydroxylation sites is 1. The van der Waals surface area contributed by atoms with Crippen LogP contribution in [0, 0.1) is 0 Å². The zero-order valence-electron chi connectivity index (χ0n) is 19.8. The molecule has 0 aliphatic heterocycles. The number of nitrogens with one attached hydrogen (secondary N) is 1. The van der Waals surface area contributed by atoms with Crippen LogP contribution < -0.4 is 11.1 Å². The third-order valence-electron chi connectivity index (χ3n) is 6.90. The van der Waals surface area contributed by atoms with Gasteiger partial charge in [-0.3, -0.25) is 4.68 Å². The molecule has 1 aliphatic carbocycles. The van der Waals surface area contributed by atoms with Crippen LogP contribution in [0.15, 0.2) is 66.1 Å². The predicted molar refractivity (Wildman–Crippen MR) is 144 cm³/mol. The van der Waals surface area contributed by atoms with Gasteiger partial charge in [-0.15, -0.1) is 0 Å². The van der Waals surface area contributed by atoms with E-state index in [0.717, 1.165) is 45.7 Å². The van der Waals surface area contributed by atoms with E-state index < -0.39 is 0 Å². The fourth-order valence-electron chi connectivity index (χ4n) is 4.76. The largest absolute Gasteiger partial charge is 0.382 e. The maximum Gasteiger partial charge on any atom is 0.169 e. The normalized spacial score (nSPS) is 14.1. The summed E-state index contributed by atoms with van der Waals surface area (Å²) in [7, 11) is 0. The number of anilines is 1. The number of fused-ring (bicyclic) bond motifs is 3. The fraction of sp³-hybridized carbons (Fsp3) is 0.296. The Morgan fingerprint density at radius 2 is 1.89 bits per heavy atom. The number of hydrogen-bond acceptors (Lipinski definition) is 6. The van der Waals surface area contributed by atoms with Crippen LogP contribution in [0.4, 0.5) is 5.82 Å². The molecule has 0 atom stereocenters. The first kappa shape index (κ1) is 22.1. The third-order valence-corrected chi connectivity index (χ3v) is 7.57. The van der Waals surface area contributed by atoms with Crippen molar-refractivity contribution < 1.29 is 0 Å². The van der Waals surface area contributed by atoms with Gasteiger partial charge < -0.3 is 15.6 Å². The highest BCUT2D eigenvalue weighted by atomic mass is 32.2. The minimum Gasteiger partial charge on any atom is -0.382 e. The topological polar surface area (TPSA) is 86.6 Å². The van der Waals surface area contributed by atoms with E-state index in [1.807, 2.05) is 35.3 Å². The van der Waals surface area contributed by atoms with E-state index in [-0.39, 0.29) is 0 Å². The van der Waals surface area contributed by atoms with E-state index in [1.54, 1.807) is 11.8 Å². The number of pyridine rings is 1. The number of benzene rings is 2. The van der Waals surface area contributed by atoms with Gasteiger partial charge in [-0.05, 0) is 36.3 Å². The van der Waals surface area contributed by atoms with Crippen LogP contribution in [0.1, 0.15) is 24.8 Å². The van der Waals surface area contributed by atoms with E-state index in [9.17, 15) is 0 Å². The summed E-state index contributed by atoms with van der Waals surface area (Å²) >= 11 is 1.63. The van der Waals surface area contributed by atoms with Crippen molar-refractivity contribution in [1.82, 2.24) is 29.6 Å². The van der Waals surface area contributed by atoms with Crippen LogP contribution in [-0.4, -0.2) is 43.2 Å². The molecule has 0 unspecified atom stereocenters. The summed E-state index contributed by atoms with van der Waals surface area (Å²) in [4.78, 5) is 9.37. The van der Waals surface area contributed by atoms with E-state index in [2.05, 4.69) is 56.5 Å². The molecule has 0 saturated heterocycles. The summed E-state index contributed by atoms with van der Waals surface area (Å²) in [5.41, 5.74) is 12.5. The molecule has 1 fully saturated rings. The summed E-state index contributed by atoms with van der Waals surface area (Å²) in [6, 6.07) is 17.6. The maximum atomic E-state index is 6.29. The lowest BCUT2D eigenvalue weighted by Crippen LogP contribution is -2.37. The lowest BCUT2D eigenvalue weighted by molar-refractivity contribution is 0.332. The van der Waals surface area contributed by atoms with Crippen molar-refractivity contribution in [2.24, 2.45) is 0 Å². The van der Waals surface area contributed by atoms with Crippen molar-refractivity contribution >= 4 is 39.5 Å². The Morgan fingerprint density at radius 1 is 1.06 bits per heavy atom. The molecule has 35 heavy (non-hydrogen) atoms. The van der Waals surface area contributed by atoms with Crippen molar-refractivity contribution in [1.29, 1.82) is 0 Å². The monoisotopic (exact) mass is 483 g/mol. The second-order valence-electron chi connectivity index (χ2n) is 9.17. The lowest BCUT2D eigenvalue weighted by atomic mass is 9.93. The number of imidazole rings is 1. The average molecular weight is 484 g/mol. The molecule has 0 radical (unpaired) electrons. The first-order valence-corrected chi connectivity index (χ1v) is 13.4. The SMILES string of the molecule is CSc1nc2c(N)nc3ccccc3c2n1Cc1ccc(-c2cnn(CCNC3CCC3)c2)cc1. The summed E-state index contributed by atoms with van der Waals surface area (Å²) in [6.45, 7) is 2.58. The third kappa shape index (κ3) is 4.28. The number of nitrogen functional groups attached to an aromatic ring is 1. The summed E-state index contributed by atoms with van der Waals surface area (Å²) < 4.78 is 4.28. The zero-order chi connectivity index (χ0) is 23.8. The standard InChI is InChI=1S/C27H29N7S/c1-35-27-32-24-25(22-7-2-3-8-23(22)31-26(24)28)34(27)16-18-9-11-19(12-10-18)20-15-30-33(17-20)14-13-29-21-5-4-6-21/h2-3,7-12,15,17,21,29H,4-6,13-14,16H2,1H3,(H2,28,31). The summed E-state index contributed by atoms with van der Waals surface area (Å²) in [5, 5.41) is 10.2. The van der Waals surface area contributed by atoms with E-state index in [0.29, 0.717) is 18.4 Å². The molecule has 3 N–H and O–H groups in total. The Morgan fingerprint density at radius 3 is 2.66 bits per heavy atom. The van der Waals surface area contributed by atoms with Gasteiger partial charge in [0.25, 0.3) is 0 Å². The van der Waals surface area contributed by atoms with Crippen LogP contribution in [0.5, 0.6) is 0 Å². The van der Waals surface area contributed by atoms with Gasteiger partial charge in [-0.1, -0.05) is 60.6 Å². The molecular weight excluding hydrogens is 454 g/mol. The molecule has 3 heterocycles. The smallest absolute Gasteiger partial charge is 0.169 e. The van der Waals surface area contributed by atoms with Crippen molar-refractivity contribution in [3.05, 3.63) is 66.5 Å². The highest BCUT2D eigenvalue weighted by molar-refractivity contribution is 7.98. The second kappa shape index (κ2) is 9.36. The van der Waals surface area contributed by atoms with Gasteiger partial charge in [-0.2, -0.15) is 5.10 Å². The van der Waals surface area contributed by atoms with Crippen LogP contribution in [0.25, 0.3) is 33.1 Å². The van der Waals surface area contributed by atoms with Gasteiger partial charge in [0.05, 0.1) is 30.3 Å². The molecular formula is C27H29N7S. The Balaban J connectivity index is 1.24. The summed E-state index contributed by atoms with van der Waals surface area (Å²) in [5.74, 6) is 0.475. The Labute approximate surface area is 208 Å². The Bertz CT molecular complexity index is 1480. The van der Waals surface area contributed by atoms with Crippen LogP contribution in [0.2, 0.25) is 0 Å². The molecule has 1 aliphatic rings. The molecule has 6 rings (SSSR count). The van der Waals surface area contributed by atoms with Gasteiger partial charge in [0.2, 0.25) is 0 Å². The number of nitrogens with zero attached hydrogens (tertiary/aromatic N) is 5. The van der Waals surface area contributed by atoms with Crippen LogP contribution >= 0.6 is 11.8 Å². The van der Waals surface area contributed by atoms with Gasteiger partial charge in [-0.25, -0.2) is 9.97 Å². The van der Waals surface area contributed by atoms with Gasteiger partial charge in [0, 0.05) is 29.7 Å². The van der Waals surface area contributed by atoms with Crippen molar-refractivity contribution in [3.8, 4) is 11.1 Å². The van der Waals surface area contributed by atoms with Crippen LogP contribution in [-0.2, 0) is 13.1 Å². The predicted octanol–water partition coefficient (Wildman–Crippen LogP) is 4.94. The average Bonchev–Trinajstić information content (AvgIpc) is 3.47. The lowest BCUT2D eigenvalue weighted by Gasteiger charge is -2.26. The molecule has 0 spiro atoms. The fourth-order valence-corrected chi connectivity index (χ4v) is 5.32. The van der Waals surface area contributed by atoms with Crippen LogP contribution in [0.3, 0.4) is 0 Å². The first-order valence-electron chi connectivity index (χ1n) is 12.1. The molecule has 0 bridgehead atoms. The van der Waals surface area contributed by atoms with Crippen molar-refractivity contribution in [3.63, 3.8) is 0 Å². The molecule has 1 saturated carbocycles. The summed E-state index contributed by atoms with van der Waals surface area (Å²) in [6.07, 6.45) is 10.1. The molecule has 0 amide bonds. The molecule has 178 valence electrons. The van der Waals surface area contributed by atoms with Crippen molar-refractivity contribution in [2.45, 2.75) is 43.6 Å². The molecule has 5 aromatic rings. The Hall–Kier alpha value is -3.36. The van der Waals surface area contributed by atoms with E-state index in [1.165, 1.54) is 30.4 Å². The number of hydrogen-bond donors (Lipinski definition) is 2. The minimum atomic E-state index is 0.475. The number of thioether (sulfide) groups is 1. The molecule has 3 aromatic heterocycles. The number of nitrogens with two attached hydrogens (primary N) is 1. The quantitative estimate of drug-likeness (QED) is 0.304.